The summed E-state index contributed by atoms with van der Waals surface area (Å²) in [5, 5.41) is 9.14. The summed E-state index contributed by atoms with van der Waals surface area (Å²) in [6.07, 6.45) is 0. The summed E-state index contributed by atoms with van der Waals surface area (Å²) in [7, 11) is 0. The highest BCUT2D eigenvalue weighted by Crippen LogP contribution is 2.27. The molecule has 3 N–H and O–H groups in total. The molecule has 0 aliphatic carbocycles. The van der Waals surface area contributed by atoms with Crippen molar-refractivity contribution in [3.8, 4) is 11.3 Å². The van der Waals surface area contributed by atoms with Gasteiger partial charge in [-0.3, -0.25) is 14.4 Å². The fourth-order valence-corrected chi connectivity index (χ4v) is 3.64. The van der Waals surface area contributed by atoms with Crippen molar-refractivity contribution in [3.63, 3.8) is 0 Å². The van der Waals surface area contributed by atoms with Gasteiger partial charge in [-0.15, -0.1) is 0 Å². The highest BCUT2D eigenvalue weighted by Gasteiger charge is 2.15. The van der Waals surface area contributed by atoms with Gasteiger partial charge in [-0.1, -0.05) is 23.8 Å². The van der Waals surface area contributed by atoms with Gasteiger partial charge in [-0.05, 0) is 61.5 Å². The number of anilines is 3. The van der Waals surface area contributed by atoms with Crippen LogP contribution in [0.1, 0.15) is 29.8 Å². The SMILES string of the molecule is CC(=O)Nc1ccc(NC(=O)c2cc(-c3ccc(NC(C)=O)cc3)nc3ccc(C)cc23)cc1. The van der Waals surface area contributed by atoms with Gasteiger partial charge in [0.25, 0.3) is 5.91 Å². The van der Waals surface area contributed by atoms with E-state index in [0.717, 1.165) is 16.5 Å². The van der Waals surface area contributed by atoms with Crippen molar-refractivity contribution < 1.29 is 14.4 Å². The molecule has 3 aromatic carbocycles. The molecule has 0 saturated heterocycles. The first-order valence-corrected chi connectivity index (χ1v) is 10.8. The van der Waals surface area contributed by atoms with Crippen LogP contribution in [0.15, 0.2) is 72.8 Å². The molecular formula is C27H24N4O3. The zero-order valence-corrected chi connectivity index (χ0v) is 19.1. The minimum atomic E-state index is -0.263. The van der Waals surface area contributed by atoms with Gasteiger partial charge in [-0.25, -0.2) is 4.98 Å². The summed E-state index contributed by atoms with van der Waals surface area (Å²) < 4.78 is 0. The van der Waals surface area contributed by atoms with Crippen LogP contribution in [0.3, 0.4) is 0 Å². The predicted octanol–water partition coefficient (Wildman–Crippen LogP) is 5.38. The van der Waals surface area contributed by atoms with Crippen molar-refractivity contribution in [2.45, 2.75) is 20.8 Å². The normalized spacial score (nSPS) is 10.6. The van der Waals surface area contributed by atoms with E-state index >= 15 is 0 Å². The standard InChI is InChI=1S/C27H24N4O3/c1-16-4-13-25-23(14-16)24(27(34)30-22-11-9-21(10-12-22)29-18(3)33)15-26(31-25)19-5-7-20(8-6-19)28-17(2)32/h4-15H,1-3H3,(H,28,32)(H,29,33)(H,30,34). The molecule has 1 heterocycles. The van der Waals surface area contributed by atoms with E-state index in [-0.39, 0.29) is 17.7 Å². The van der Waals surface area contributed by atoms with Crippen molar-refractivity contribution in [1.82, 2.24) is 4.98 Å². The Hall–Kier alpha value is -4.52. The van der Waals surface area contributed by atoms with Gasteiger partial charge in [0, 0.05) is 41.9 Å². The maximum atomic E-state index is 13.3. The molecule has 4 aromatic rings. The predicted molar refractivity (Wildman–Crippen MR) is 135 cm³/mol. The third-order valence-corrected chi connectivity index (χ3v) is 5.17. The number of hydrogen-bond acceptors (Lipinski definition) is 4. The zero-order valence-electron chi connectivity index (χ0n) is 19.1. The van der Waals surface area contributed by atoms with Gasteiger partial charge in [0.15, 0.2) is 0 Å². The summed E-state index contributed by atoms with van der Waals surface area (Å²) in [5.41, 5.74) is 5.66. The molecule has 1 aromatic heterocycles. The molecule has 170 valence electrons. The maximum absolute atomic E-state index is 13.3. The van der Waals surface area contributed by atoms with Crippen molar-refractivity contribution in [3.05, 3.63) is 83.9 Å². The van der Waals surface area contributed by atoms with Crippen LogP contribution < -0.4 is 16.0 Å². The number of amides is 3. The van der Waals surface area contributed by atoms with Crippen LogP contribution in [0, 0.1) is 6.92 Å². The number of aryl methyl sites for hydroxylation is 1. The van der Waals surface area contributed by atoms with E-state index < -0.39 is 0 Å². The van der Waals surface area contributed by atoms with Crippen LogP contribution in [-0.2, 0) is 9.59 Å². The van der Waals surface area contributed by atoms with Crippen molar-refractivity contribution in [2.75, 3.05) is 16.0 Å². The molecular weight excluding hydrogens is 428 g/mol. The van der Waals surface area contributed by atoms with E-state index in [1.165, 1.54) is 13.8 Å². The molecule has 0 fully saturated rings. The minimum Gasteiger partial charge on any atom is -0.326 e. The summed E-state index contributed by atoms with van der Waals surface area (Å²) in [5.74, 6) is -0.564. The Bertz CT molecular complexity index is 1390. The number of rotatable bonds is 5. The van der Waals surface area contributed by atoms with Crippen molar-refractivity contribution in [2.24, 2.45) is 0 Å². The quantitative estimate of drug-likeness (QED) is 0.378. The Kier molecular flexibility index (Phi) is 6.36. The monoisotopic (exact) mass is 452 g/mol. The first-order valence-electron chi connectivity index (χ1n) is 10.8. The molecule has 0 saturated carbocycles. The summed E-state index contributed by atoms with van der Waals surface area (Å²) in [6.45, 7) is 4.87. The molecule has 0 bridgehead atoms. The van der Waals surface area contributed by atoms with E-state index in [0.29, 0.717) is 33.8 Å². The second kappa shape index (κ2) is 9.54. The summed E-state index contributed by atoms with van der Waals surface area (Å²) in [6, 6.07) is 21.8. The number of fused-ring (bicyclic) bond motifs is 1. The molecule has 7 nitrogen and oxygen atoms in total. The Labute approximate surface area is 197 Å². The van der Waals surface area contributed by atoms with Crippen molar-refractivity contribution >= 4 is 45.7 Å². The van der Waals surface area contributed by atoms with E-state index in [9.17, 15) is 14.4 Å². The first kappa shape index (κ1) is 22.7. The molecule has 0 aliphatic heterocycles. The Morgan fingerprint density at radius 3 is 1.76 bits per heavy atom. The lowest BCUT2D eigenvalue weighted by atomic mass is 10.0. The Balaban J connectivity index is 1.69. The van der Waals surface area contributed by atoms with Crippen LogP contribution in [0.4, 0.5) is 17.1 Å². The van der Waals surface area contributed by atoms with E-state index in [1.807, 2.05) is 37.3 Å². The van der Waals surface area contributed by atoms with E-state index in [2.05, 4.69) is 16.0 Å². The zero-order chi connectivity index (χ0) is 24.2. The van der Waals surface area contributed by atoms with Crippen LogP contribution in [-0.4, -0.2) is 22.7 Å². The molecule has 34 heavy (non-hydrogen) atoms. The average Bonchev–Trinajstić information content (AvgIpc) is 2.79. The van der Waals surface area contributed by atoms with E-state index in [4.69, 9.17) is 4.98 Å². The average molecular weight is 453 g/mol. The van der Waals surface area contributed by atoms with Gasteiger partial charge in [0.05, 0.1) is 16.8 Å². The summed E-state index contributed by atoms with van der Waals surface area (Å²) >= 11 is 0. The largest absolute Gasteiger partial charge is 0.326 e. The fourth-order valence-electron chi connectivity index (χ4n) is 3.64. The topological polar surface area (TPSA) is 100 Å². The first-order chi connectivity index (χ1) is 16.3. The van der Waals surface area contributed by atoms with Crippen LogP contribution in [0.5, 0.6) is 0 Å². The number of benzene rings is 3. The lowest BCUT2D eigenvalue weighted by Crippen LogP contribution is -2.13. The second-order valence-electron chi connectivity index (χ2n) is 8.05. The number of nitrogens with one attached hydrogen (secondary N) is 3. The van der Waals surface area contributed by atoms with Crippen LogP contribution >= 0.6 is 0 Å². The number of carbonyl (C=O) groups is 3. The third-order valence-electron chi connectivity index (χ3n) is 5.17. The van der Waals surface area contributed by atoms with Crippen LogP contribution in [0.25, 0.3) is 22.2 Å². The highest BCUT2D eigenvalue weighted by atomic mass is 16.2. The highest BCUT2D eigenvalue weighted by molar-refractivity contribution is 6.13. The maximum Gasteiger partial charge on any atom is 0.256 e. The number of hydrogen-bond donors (Lipinski definition) is 3. The Morgan fingerprint density at radius 1 is 0.676 bits per heavy atom. The molecule has 0 radical (unpaired) electrons. The molecule has 4 rings (SSSR count). The lowest BCUT2D eigenvalue weighted by Gasteiger charge is -2.12. The Morgan fingerprint density at radius 2 is 1.21 bits per heavy atom. The lowest BCUT2D eigenvalue weighted by molar-refractivity contribution is -0.115. The molecule has 3 amide bonds. The van der Waals surface area contributed by atoms with Gasteiger partial charge in [0.1, 0.15) is 0 Å². The molecule has 7 heteroatoms. The van der Waals surface area contributed by atoms with Crippen LogP contribution in [0.2, 0.25) is 0 Å². The molecule has 0 aliphatic rings. The third kappa shape index (κ3) is 5.27. The molecule has 0 unspecified atom stereocenters. The van der Waals surface area contributed by atoms with Gasteiger partial charge in [-0.2, -0.15) is 0 Å². The number of nitrogens with zero attached hydrogens (tertiary/aromatic N) is 1. The summed E-state index contributed by atoms with van der Waals surface area (Å²) in [4.78, 5) is 40.6. The molecule has 0 atom stereocenters. The fraction of sp³-hybridized carbons (Fsp3) is 0.111. The molecule has 0 spiro atoms. The smallest absolute Gasteiger partial charge is 0.256 e. The van der Waals surface area contributed by atoms with E-state index in [1.54, 1.807) is 42.5 Å². The minimum absolute atomic E-state index is 0.143. The van der Waals surface area contributed by atoms with Gasteiger partial charge >= 0.3 is 0 Å². The number of aromatic nitrogens is 1. The second-order valence-corrected chi connectivity index (χ2v) is 8.05. The van der Waals surface area contributed by atoms with Gasteiger partial charge < -0.3 is 16.0 Å². The number of pyridine rings is 1. The van der Waals surface area contributed by atoms with Crippen molar-refractivity contribution in [1.29, 1.82) is 0 Å². The number of carbonyl (C=O) groups excluding carboxylic acids is 3. The van der Waals surface area contributed by atoms with Gasteiger partial charge in [0.2, 0.25) is 11.8 Å².